The van der Waals surface area contributed by atoms with Crippen molar-refractivity contribution in [3.63, 3.8) is 0 Å². The molecule has 1 aromatic heterocycles. The van der Waals surface area contributed by atoms with E-state index in [-0.39, 0.29) is 18.2 Å². The number of nitrogens with one attached hydrogen (secondary N) is 1. The number of alkyl carbamates (subject to hydrolysis) is 1. The molecule has 0 bridgehead atoms. The van der Waals surface area contributed by atoms with Crippen LogP contribution in [0.1, 0.15) is 21.1 Å². The SMILES string of the molecule is O=C(NCC#Cc1csc(C(=O)[O-])n1)OCc1ccccc1. The van der Waals surface area contributed by atoms with E-state index in [0.29, 0.717) is 5.69 Å². The molecule has 0 aliphatic heterocycles. The summed E-state index contributed by atoms with van der Waals surface area (Å²) in [6, 6.07) is 9.30. The first kappa shape index (κ1) is 15.5. The molecule has 1 amide bonds. The molecule has 6 nitrogen and oxygen atoms in total. The van der Waals surface area contributed by atoms with Gasteiger partial charge in [0.05, 0.1) is 6.54 Å². The van der Waals surface area contributed by atoms with Crippen molar-refractivity contribution in [2.24, 2.45) is 0 Å². The minimum Gasteiger partial charge on any atom is -0.542 e. The fraction of sp³-hybridized carbons (Fsp3) is 0.133. The maximum atomic E-state index is 11.4. The lowest BCUT2D eigenvalue weighted by molar-refractivity contribution is -0.255. The molecule has 0 saturated carbocycles. The molecule has 1 aromatic carbocycles. The van der Waals surface area contributed by atoms with Gasteiger partial charge in [0.1, 0.15) is 23.3 Å². The van der Waals surface area contributed by atoms with E-state index in [1.54, 1.807) is 0 Å². The number of benzene rings is 1. The lowest BCUT2D eigenvalue weighted by atomic mass is 10.2. The van der Waals surface area contributed by atoms with E-state index in [1.165, 1.54) is 5.38 Å². The number of carboxylic acids is 1. The van der Waals surface area contributed by atoms with E-state index in [9.17, 15) is 14.7 Å². The minimum absolute atomic E-state index is 0.0752. The predicted octanol–water partition coefficient (Wildman–Crippen LogP) is 0.784. The molecule has 7 heteroatoms. The number of amides is 1. The summed E-state index contributed by atoms with van der Waals surface area (Å²) in [4.78, 5) is 25.7. The zero-order chi connectivity index (χ0) is 15.8. The Morgan fingerprint density at radius 2 is 2.09 bits per heavy atom. The topological polar surface area (TPSA) is 91.4 Å². The van der Waals surface area contributed by atoms with Crippen molar-refractivity contribution in [1.29, 1.82) is 0 Å². The lowest BCUT2D eigenvalue weighted by Crippen LogP contribution is -2.24. The van der Waals surface area contributed by atoms with Gasteiger partial charge in [-0.25, -0.2) is 9.78 Å². The number of hydrogen-bond donors (Lipinski definition) is 1. The van der Waals surface area contributed by atoms with Crippen LogP contribution in [0.15, 0.2) is 35.7 Å². The second kappa shape index (κ2) is 7.81. The van der Waals surface area contributed by atoms with Crippen molar-refractivity contribution in [2.45, 2.75) is 6.61 Å². The molecule has 0 spiro atoms. The molecule has 1 N–H and O–H groups in total. The second-order valence-electron chi connectivity index (χ2n) is 4.04. The average molecular weight is 315 g/mol. The number of carbonyl (C=O) groups is 2. The molecule has 0 fully saturated rings. The van der Waals surface area contributed by atoms with Gasteiger partial charge in [0.25, 0.3) is 0 Å². The number of hydrogen-bond acceptors (Lipinski definition) is 6. The molecule has 2 aromatic rings. The average Bonchev–Trinajstić information content (AvgIpc) is 3.00. The Hall–Kier alpha value is -2.85. The van der Waals surface area contributed by atoms with Crippen molar-refractivity contribution >= 4 is 23.4 Å². The summed E-state index contributed by atoms with van der Waals surface area (Å²) in [7, 11) is 0. The van der Waals surface area contributed by atoms with E-state index in [0.717, 1.165) is 16.9 Å². The van der Waals surface area contributed by atoms with E-state index in [4.69, 9.17) is 4.74 Å². The van der Waals surface area contributed by atoms with Crippen molar-refractivity contribution in [2.75, 3.05) is 6.54 Å². The Morgan fingerprint density at radius 3 is 2.77 bits per heavy atom. The van der Waals surface area contributed by atoms with Gasteiger partial charge >= 0.3 is 6.09 Å². The largest absolute Gasteiger partial charge is 0.542 e. The number of ether oxygens (including phenoxy) is 1. The van der Waals surface area contributed by atoms with Gasteiger partial charge in [0.15, 0.2) is 0 Å². The van der Waals surface area contributed by atoms with E-state index in [1.807, 2.05) is 30.3 Å². The molecule has 22 heavy (non-hydrogen) atoms. The minimum atomic E-state index is -1.33. The van der Waals surface area contributed by atoms with Crippen LogP contribution in [0.2, 0.25) is 0 Å². The van der Waals surface area contributed by atoms with Gasteiger partial charge in [0, 0.05) is 5.38 Å². The van der Waals surface area contributed by atoms with Crippen LogP contribution in [0.25, 0.3) is 0 Å². The van der Waals surface area contributed by atoms with Gasteiger partial charge in [-0.3, -0.25) is 0 Å². The quantitative estimate of drug-likeness (QED) is 0.842. The van der Waals surface area contributed by atoms with E-state index >= 15 is 0 Å². The van der Waals surface area contributed by atoms with Crippen LogP contribution in [-0.2, 0) is 11.3 Å². The molecule has 0 aliphatic rings. The van der Waals surface area contributed by atoms with Crippen LogP contribution in [0.5, 0.6) is 0 Å². The van der Waals surface area contributed by atoms with Gasteiger partial charge in [-0.2, -0.15) is 0 Å². The van der Waals surface area contributed by atoms with Crippen molar-refractivity contribution in [3.8, 4) is 11.8 Å². The highest BCUT2D eigenvalue weighted by atomic mass is 32.1. The predicted molar refractivity (Wildman–Crippen MR) is 78.0 cm³/mol. The van der Waals surface area contributed by atoms with Crippen LogP contribution in [0.4, 0.5) is 4.79 Å². The fourth-order valence-corrected chi connectivity index (χ4v) is 2.03. The summed E-state index contributed by atoms with van der Waals surface area (Å²) in [5, 5.41) is 14.4. The van der Waals surface area contributed by atoms with Crippen molar-refractivity contribution in [1.82, 2.24) is 10.3 Å². The summed E-state index contributed by atoms with van der Waals surface area (Å²) in [5.74, 6) is 3.96. The van der Waals surface area contributed by atoms with Gasteiger partial charge in [-0.05, 0) is 11.5 Å². The number of aromatic nitrogens is 1. The third-order valence-electron chi connectivity index (χ3n) is 2.43. The smallest absolute Gasteiger partial charge is 0.408 e. The zero-order valence-corrected chi connectivity index (χ0v) is 12.2. The molecule has 0 unspecified atom stereocenters. The number of carboxylic acid groups (broad SMARTS) is 1. The normalized spacial score (nSPS) is 9.45. The van der Waals surface area contributed by atoms with Crippen LogP contribution >= 0.6 is 11.3 Å². The highest BCUT2D eigenvalue weighted by Gasteiger charge is 2.01. The standard InChI is InChI=1S/C15H12N2O4S/c18-14(19)13-17-12(10-22-13)7-4-8-16-15(20)21-9-11-5-2-1-3-6-11/h1-3,5-6,10H,8-9H2,(H,16,20)(H,18,19)/p-1. The molecular weight excluding hydrogens is 304 g/mol. The highest BCUT2D eigenvalue weighted by molar-refractivity contribution is 7.11. The maximum absolute atomic E-state index is 11.4. The molecule has 2 rings (SSSR count). The number of carbonyl (C=O) groups excluding carboxylic acids is 2. The third-order valence-corrected chi connectivity index (χ3v) is 3.25. The van der Waals surface area contributed by atoms with Crippen molar-refractivity contribution < 1.29 is 19.4 Å². The summed E-state index contributed by atoms with van der Waals surface area (Å²) in [6.07, 6.45) is -0.577. The van der Waals surface area contributed by atoms with Crippen LogP contribution in [0.3, 0.4) is 0 Å². The summed E-state index contributed by atoms with van der Waals surface area (Å²) >= 11 is 0.940. The molecule has 0 saturated heterocycles. The van der Waals surface area contributed by atoms with Gasteiger partial charge in [-0.15, -0.1) is 11.3 Å². The Balaban J connectivity index is 1.73. The Kier molecular flexibility index (Phi) is 5.51. The molecule has 0 radical (unpaired) electrons. The third kappa shape index (κ3) is 4.92. The van der Waals surface area contributed by atoms with Gasteiger partial charge in [0.2, 0.25) is 0 Å². The number of rotatable bonds is 4. The van der Waals surface area contributed by atoms with Crippen molar-refractivity contribution in [3.05, 3.63) is 52.0 Å². The van der Waals surface area contributed by atoms with Gasteiger partial charge in [-0.1, -0.05) is 36.3 Å². The first-order valence-electron chi connectivity index (χ1n) is 6.25. The molecular formula is C15H11N2O4S-. The van der Waals surface area contributed by atoms with Crippen LogP contribution in [0, 0.1) is 11.8 Å². The number of aromatic carboxylic acids is 1. The molecule has 0 atom stereocenters. The maximum Gasteiger partial charge on any atom is 0.408 e. The van der Waals surface area contributed by atoms with E-state index in [2.05, 4.69) is 22.1 Å². The Morgan fingerprint density at radius 1 is 1.32 bits per heavy atom. The van der Waals surface area contributed by atoms with Gasteiger partial charge < -0.3 is 20.0 Å². The first-order chi connectivity index (χ1) is 10.6. The summed E-state index contributed by atoms with van der Waals surface area (Å²) in [6.45, 7) is 0.257. The lowest BCUT2D eigenvalue weighted by Gasteiger charge is -2.04. The zero-order valence-electron chi connectivity index (χ0n) is 11.4. The summed E-state index contributed by atoms with van der Waals surface area (Å²) < 4.78 is 5.00. The second-order valence-corrected chi connectivity index (χ2v) is 4.90. The molecule has 1 heterocycles. The Bertz CT molecular complexity index is 716. The summed E-state index contributed by atoms with van der Waals surface area (Å²) in [5.41, 5.74) is 1.21. The first-order valence-corrected chi connectivity index (χ1v) is 7.13. The number of nitrogens with zero attached hydrogens (tertiary/aromatic N) is 1. The van der Waals surface area contributed by atoms with Crippen LogP contribution < -0.4 is 10.4 Å². The Labute approximate surface area is 130 Å². The van der Waals surface area contributed by atoms with Crippen LogP contribution in [-0.4, -0.2) is 23.6 Å². The van der Waals surface area contributed by atoms with E-state index < -0.39 is 12.1 Å². The molecule has 0 aliphatic carbocycles. The molecule has 112 valence electrons. The monoisotopic (exact) mass is 315 g/mol. The fourth-order valence-electron chi connectivity index (χ4n) is 1.45. The highest BCUT2D eigenvalue weighted by Crippen LogP contribution is 2.07. The number of thiazole rings is 1.